The average molecular weight is 347 g/mol. The van der Waals surface area contributed by atoms with Crippen LogP contribution in [0.25, 0.3) is 0 Å². The molecule has 25 heavy (non-hydrogen) atoms. The molecular formula is C18H25N3O4. The van der Waals surface area contributed by atoms with Crippen LogP contribution in [0.5, 0.6) is 5.75 Å². The van der Waals surface area contributed by atoms with Crippen molar-refractivity contribution in [2.24, 2.45) is 11.7 Å². The Labute approximate surface area is 147 Å². The van der Waals surface area contributed by atoms with Crippen molar-refractivity contribution >= 4 is 23.2 Å². The monoisotopic (exact) mass is 347 g/mol. The molecule has 0 aromatic heterocycles. The van der Waals surface area contributed by atoms with E-state index in [1.54, 1.807) is 30.2 Å². The van der Waals surface area contributed by atoms with Crippen LogP contribution >= 0.6 is 0 Å². The Morgan fingerprint density at radius 1 is 1.40 bits per heavy atom. The summed E-state index contributed by atoms with van der Waals surface area (Å²) in [6.07, 6.45) is 3.00. The summed E-state index contributed by atoms with van der Waals surface area (Å²) in [5.41, 5.74) is 7.45. The second-order valence-electron chi connectivity index (χ2n) is 6.50. The van der Waals surface area contributed by atoms with Crippen molar-refractivity contribution in [1.29, 1.82) is 0 Å². The van der Waals surface area contributed by atoms with E-state index in [0.29, 0.717) is 37.6 Å². The Morgan fingerprint density at radius 2 is 2.16 bits per heavy atom. The van der Waals surface area contributed by atoms with Gasteiger partial charge in [0.25, 0.3) is 0 Å². The molecule has 2 amide bonds. The van der Waals surface area contributed by atoms with E-state index in [9.17, 15) is 9.59 Å². The molecule has 7 nitrogen and oxygen atoms in total. The summed E-state index contributed by atoms with van der Waals surface area (Å²) in [5, 5.41) is 2.85. The molecule has 3 N–H and O–H groups in total. The summed E-state index contributed by atoms with van der Waals surface area (Å²) >= 11 is 0. The molecular weight excluding hydrogens is 322 g/mol. The first-order chi connectivity index (χ1) is 12.1. The Balaban J connectivity index is 1.70. The lowest BCUT2D eigenvalue weighted by molar-refractivity contribution is -0.119. The highest BCUT2D eigenvalue weighted by molar-refractivity contribution is 5.98. The maximum absolute atomic E-state index is 12.4. The lowest BCUT2D eigenvalue weighted by atomic mass is 9.92. The Hall–Kier alpha value is -2.12. The van der Waals surface area contributed by atoms with Crippen LogP contribution in [-0.2, 0) is 14.3 Å². The minimum atomic E-state index is -0.560. The van der Waals surface area contributed by atoms with Crippen LogP contribution in [0.2, 0.25) is 0 Å². The van der Waals surface area contributed by atoms with Crippen LogP contribution < -0.4 is 20.7 Å². The molecule has 2 saturated heterocycles. The number of rotatable bonds is 5. The molecule has 2 aliphatic heterocycles. The highest BCUT2D eigenvalue weighted by Gasteiger charge is 2.27. The SMILES string of the molecule is COc1cc(NC(=O)C(N)C2CCOCC2)ccc1N1CCCC1=O. The van der Waals surface area contributed by atoms with Crippen LogP contribution in [0, 0.1) is 5.92 Å². The molecule has 2 fully saturated rings. The Morgan fingerprint density at radius 3 is 2.80 bits per heavy atom. The summed E-state index contributed by atoms with van der Waals surface area (Å²) in [6, 6.07) is 4.75. The number of benzene rings is 1. The van der Waals surface area contributed by atoms with Crippen molar-refractivity contribution in [1.82, 2.24) is 0 Å². The number of nitrogens with one attached hydrogen (secondary N) is 1. The molecule has 2 aliphatic rings. The highest BCUT2D eigenvalue weighted by Crippen LogP contribution is 2.34. The molecule has 0 bridgehead atoms. The topological polar surface area (TPSA) is 93.9 Å². The maximum atomic E-state index is 12.4. The highest BCUT2D eigenvalue weighted by atomic mass is 16.5. The minimum Gasteiger partial charge on any atom is -0.494 e. The third kappa shape index (κ3) is 3.93. The fourth-order valence-electron chi connectivity index (χ4n) is 3.40. The van der Waals surface area contributed by atoms with E-state index in [1.807, 2.05) is 0 Å². The first kappa shape index (κ1) is 17.7. The van der Waals surface area contributed by atoms with E-state index < -0.39 is 6.04 Å². The van der Waals surface area contributed by atoms with Crippen LogP contribution in [0.4, 0.5) is 11.4 Å². The molecule has 0 saturated carbocycles. The van der Waals surface area contributed by atoms with Crippen LogP contribution in [0.15, 0.2) is 18.2 Å². The van der Waals surface area contributed by atoms with Crippen molar-refractivity contribution in [2.75, 3.05) is 37.1 Å². The molecule has 0 aliphatic carbocycles. The molecule has 2 heterocycles. The van der Waals surface area contributed by atoms with Crippen LogP contribution in [-0.4, -0.2) is 44.7 Å². The number of carbonyl (C=O) groups is 2. The van der Waals surface area contributed by atoms with E-state index in [2.05, 4.69) is 5.32 Å². The molecule has 1 atom stereocenters. The van der Waals surface area contributed by atoms with Gasteiger partial charge in [-0.3, -0.25) is 9.59 Å². The number of nitrogens with zero attached hydrogens (tertiary/aromatic N) is 1. The zero-order valence-corrected chi connectivity index (χ0v) is 14.5. The van der Waals surface area contributed by atoms with Gasteiger partial charge in [-0.05, 0) is 37.3 Å². The first-order valence-electron chi connectivity index (χ1n) is 8.72. The molecule has 7 heteroatoms. The fourth-order valence-corrected chi connectivity index (χ4v) is 3.40. The van der Waals surface area contributed by atoms with Gasteiger partial charge in [-0.25, -0.2) is 0 Å². The summed E-state index contributed by atoms with van der Waals surface area (Å²) in [5.74, 6) is 0.584. The Bertz CT molecular complexity index is 643. The van der Waals surface area contributed by atoms with Crippen molar-refractivity contribution in [2.45, 2.75) is 31.7 Å². The number of carbonyl (C=O) groups excluding carboxylic acids is 2. The van der Waals surface area contributed by atoms with E-state index >= 15 is 0 Å². The molecule has 0 spiro atoms. The van der Waals surface area contributed by atoms with Gasteiger partial charge in [0.05, 0.1) is 18.8 Å². The normalized spacial score (nSPS) is 19.8. The van der Waals surface area contributed by atoms with Gasteiger partial charge in [0.2, 0.25) is 11.8 Å². The van der Waals surface area contributed by atoms with E-state index in [4.69, 9.17) is 15.2 Å². The van der Waals surface area contributed by atoms with Crippen molar-refractivity contribution < 1.29 is 19.1 Å². The average Bonchev–Trinajstić information content (AvgIpc) is 3.07. The largest absolute Gasteiger partial charge is 0.494 e. The quantitative estimate of drug-likeness (QED) is 0.842. The molecule has 1 aromatic rings. The van der Waals surface area contributed by atoms with Gasteiger partial charge in [-0.2, -0.15) is 0 Å². The Kier molecular flexibility index (Phi) is 5.55. The molecule has 3 rings (SSSR count). The van der Waals surface area contributed by atoms with E-state index in [0.717, 1.165) is 24.9 Å². The van der Waals surface area contributed by atoms with Gasteiger partial charge in [0.15, 0.2) is 0 Å². The second-order valence-corrected chi connectivity index (χ2v) is 6.50. The summed E-state index contributed by atoms with van der Waals surface area (Å²) in [7, 11) is 1.55. The van der Waals surface area contributed by atoms with Gasteiger partial charge >= 0.3 is 0 Å². The lowest BCUT2D eigenvalue weighted by Gasteiger charge is -2.27. The van der Waals surface area contributed by atoms with Crippen LogP contribution in [0.3, 0.4) is 0 Å². The van der Waals surface area contributed by atoms with Crippen molar-refractivity contribution in [3.05, 3.63) is 18.2 Å². The number of nitrogens with two attached hydrogens (primary N) is 1. The lowest BCUT2D eigenvalue weighted by Crippen LogP contribution is -2.44. The van der Waals surface area contributed by atoms with E-state index in [1.165, 1.54) is 0 Å². The fraction of sp³-hybridized carbons (Fsp3) is 0.556. The smallest absolute Gasteiger partial charge is 0.241 e. The number of amides is 2. The molecule has 136 valence electrons. The molecule has 1 unspecified atom stereocenters. The maximum Gasteiger partial charge on any atom is 0.241 e. The summed E-state index contributed by atoms with van der Waals surface area (Å²) in [6.45, 7) is 1.99. The van der Waals surface area contributed by atoms with Crippen LogP contribution in [0.1, 0.15) is 25.7 Å². The van der Waals surface area contributed by atoms with Gasteiger partial charge in [-0.15, -0.1) is 0 Å². The zero-order chi connectivity index (χ0) is 17.8. The number of anilines is 2. The van der Waals surface area contributed by atoms with E-state index in [-0.39, 0.29) is 17.7 Å². The molecule has 0 radical (unpaired) electrons. The van der Waals surface area contributed by atoms with Crippen molar-refractivity contribution in [3.8, 4) is 5.75 Å². The van der Waals surface area contributed by atoms with Gasteiger partial charge in [0, 0.05) is 37.9 Å². The summed E-state index contributed by atoms with van der Waals surface area (Å²) < 4.78 is 10.7. The standard InChI is InChI=1S/C18H25N3O4/c1-24-15-11-13(4-5-14(15)21-8-2-3-16(21)22)20-18(23)17(19)12-6-9-25-10-7-12/h4-5,11-12,17H,2-3,6-10,19H2,1H3,(H,20,23). The predicted octanol–water partition coefficient (Wildman–Crippen LogP) is 1.51. The number of ether oxygens (including phenoxy) is 2. The minimum absolute atomic E-state index is 0.0941. The second kappa shape index (κ2) is 7.84. The van der Waals surface area contributed by atoms with Crippen molar-refractivity contribution in [3.63, 3.8) is 0 Å². The number of hydrogen-bond donors (Lipinski definition) is 2. The number of methoxy groups -OCH3 is 1. The number of hydrogen-bond acceptors (Lipinski definition) is 5. The first-order valence-corrected chi connectivity index (χ1v) is 8.72. The molecule has 1 aromatic carbocycles. The van der Waals surface area contributed by atoms with Gasteiger partial charge in [-0.1, -0.05) is 0 Å². The third-order valence-electron chi connectivity index (χ3n) is 4.89. The summed E-state index contributed by atoms with van der Waals surface area (Å²) in [4.78, 5) is 26.1. The third-order valence-corrected chi connectivity index (χ3v) is 4.89. The predicted molar refractivity (Wildman–Crippen MR) is 94.7 cm³/mol. The van der Waals surface area contributed by atoms with Gasteiger partial charge in [0.1, 0.15) is 5.75 Å². The zero-order valence-electron chi connectivity index (χ0n) is 14.5. The van der Waals surface area contributed by atoms with Gasteiger partial charge < -0.3 is 25.4 Å².